The van der Waals surface area contributed by atoms with Gasteiger partial charge in [0.25, 0.3) is 0 Å². The highest BCUT2D eigenvalue weighted by Gasteiger charge is 2.13. The Balaban J connectivity index is 2.08. The summed E-state index contributed by atoms with van der Waals surface area (Å²) in [7, 11) is 0. The van der Waals surface area contributed by atoms with Crippen LogP contribution in [0.15, 0.2) is 48.5 Å². The minimum atomic E-state index is -0.282. The molecule has 0 aliphatic rings. The Kier molecular flexibility index (Phi) is 6.21. The van der Waals surface area contributed by atoms with E-state index in [1.165, 1.54) is 17.7 Å². The van der Waals surface area contributed by atoms with Gasteiger partial charge in [0.15, 0.2) is 0 Å². The molecule has 0 spiro atoms. The van der Waals surface area contributed by atoms with Gasteiger partial charge in [-0.2, -0.15) is 0 Å². The standard InChI is InChI=1S/C18H21ClFN/c1-2-21-13-15(10-14-6-4-3-5-7-14)11-16-8-9-17(20)12-18(16)19/h3-9,12,15,21H,2,10-11,13H2,1H3. The molecule has 112 valence electrons. The van der Waals surface area contributed by atoms with Crippen LogP contribution in [0.5, 0.6) is 0 Å². The van der Waals surface area contributed by atoms with E-state index in [1.54, 1.807) is 6.07 Å². The smallest absolute Gasteiger partial charge is 0.124 e. The Morgan fingerprint density at radius 1 is 1.10 bits per heavy atom. The summed E-state index contributed by atoms with van der Waals surface area (Å²) in [4.78, 5) is 0. The lowest BCUT2D eigenvalue weighted by atomic mass is 9.92. The van der Waals surface area contributed by atoms with Crippen LogP contribution in [0.4, 0.5) is 4.39 Å². The largest absolute Gasteiger partial charge is 0.317 e. The average Bonchev–Trinajstić information content (AvgIpc) is 2.48. The van der Waals surface area contributed by atoms with Crippen molar-refractivity contribution in [2.24, 2.45) is 5.92 Å². The van der Waals surface area contributed by atoms with Gasteiger partial charge in [-0.15, -0.1) is 0 Å². The van der Waals surface area contributed by atoms with Crippen LogP contribution < -0.4 is 5.32 Å². The van der Waals surface area contributed by atoms with Crippen molar-refractivity contribution < 1.29 is 4.39 Å². The van der Waals surface area contributed by atoms with Crippen molar-refractivity contribution in [3.05, 3.63) is 70.5 Å². The Bertz CT molecular complexity index is 556. The number of hydrogen-bond acceptors (Lipinski definition) is 1. The maximum Gasteiger partial charge on any atom is 0.124 e. The Morgan fingerprint density at radius 3 is 2.52 bits per heavy atom. The normalized spacial score (nSPS) is 12.3. The summed E-state index contributed by atoms with van der Waals surface area (Å²) < 4.78 is 13.1. The molecule has 0 aliphatic carbocycles. The van der Waals surface area contributed by atoms with Crippen LogP contribution in [-0.4, -0.2) is 13.1 Å². The molecular formula is C18H21ClFN. The van der Waals surface area contributed by atoms with Gasteiger partial charge < -0.3 is 5.32 Å². The number of halogens is 2. The van der Waals surface area contributed by atoms with E-state index in [2.05, 4.69) is 36.5 Å². The van der Waals surface area contributed by atoms with Crippen molar-refractivity contribution in [3.8, 4) is 0 Å². The lowest BCUT2D eigenvalue weighted by molar-refractivity contribution is 0.478. The molecule has 0 aliphatic heterocycles. The van der Waals surface area contributed by atoms with Crippen molar-refractivity contribution >= 4 is 11.6 Å². The third-order valence-corrected chi connectivity index (χ3v) is 3.93. The molecule has 0 fully saturated rings. The summed E-state index contributed by atoms with van der Waals surface area (Å²) in [5.41, 5.74) is 2.33. The van der Waals surface area contributed by atoms with Gasteiger partial charge in [0.05, 0.1) is 0 Å². The molecule has 2 rings (SSSR count). The van der Waals surface area contributed by atoms with Crippen LogP contribution in [0.25, 0.3) is 0 Å². The number of nitrogens with one attached hydrogen (secondary N) is 1. The summed E-state index contributed by atoms with van der Waals surface area (Å²) >= 11 is 6.15. The van der Waals surface area contributed by atoms with Gasteiger partial charge in [0.1, 0.15) is 5.82 Å². The SMILES string of the molecule is CCNCC(Cc1ccccc1)Cc1ccc(F)cc1Cl. The molecule has 1 N–H and O–H groups in total. The highest BCUT2D eigenvalue weighted by Crippen LogP contribution is 2.22. The third-order valence-electron chi connectivity index (χ3n) is 3.57. The van der Waals surface area contributed by atoms with Crippen molar-refractivity contribution in [1.82, 2.24) is 5.32 Å². The Hall–Kier alpha value is -1.38. The number of rotatable bonds is 7. The molecule has 0 saturated heterocycles. The molecule has 2 aromatic rings. The molecular weight excluding hydrogens is 285 g/mol. The maximum atomic E-state index is 13.1. The van der Waals surface area contributed by atoms with Crippen molar-refractivity contribution in [2.75, 3.05) is 13.1 Å². The number of benzene rings is 2. The van der Waals surface area contributed by atoms with E-state index >= 15 is 0 Å². The molecule has 1 atom stereocenters. The fourth-order valence-electron chi connectivity index (χ4n) is 2.51. The highest BCUT2D eigenvalue weighted by molar-refractivity contribution is 6.31. The quantitative estimate of drug-likeness (QED) is 0.794. The second kappa shape index (κ2) is 8.16. The summed E-state index contributed by atoms with van der Waals surface area (Å²) in [5, 5.41) is 3.92. The van der Waals surface area contributed by atoms with E-state index in [-0.39, 0.29) is 5.82 Å². The molecule has 3 heteroatoms. The van der Waals surface area contributed by atoms with Gasteiger partial charge in [-0.25, -0.2) is 4.39 Å². The van der Waals surface area contributed by atoms with E-state index in [0.29, 0.717) is 10.9 Å². The van der Waals surface area contributed by atoms with Crippen LogP contribution in [0.2, 0.25) is 5.02 Å². The summed E-state index contributed by atoms with van der Waals surface area (Å²) in [6.45, 7) is 3.98. The van der Waals surface area contributed by atoms with Crippen LogP contribution in [0, 0.1) is 11.7 Å². The lowest BCUT2D eigenvalue weighted by Crippen LogP contribution is -2.25. The third kappa shape index (κ3) is 5.14. The van der Waals surface area contributed by atoms with Gasteiger partial charge in [-0.3, -0.25) is 0 Å². The predicted molar refractivity (Wildman–Crippen MR) is 87.3 cm³/mol. The maximum absolute atomic E-state index is 13.1. The molecule has 0 heterocycles. The van der Waals surface area contributed by atoms with E-state index in [0.717, 1.165) is 31.5 Å². The van der Waals surface area contributed by atoms with Crippen LogP contribution in [0.3, 0.4) is 0 Å². The van der Waals surface area contributed by atoms with E-state index in [1.807, 2.05) is 6.07 Å². The first-order valence-electron chi connectivity index (χ1n) is 7.37. The second-order valence-electron chi connectivity index (χ2n) is 5.30. The van der Waals surface area contributed by atoms with Crippen LogP contribution in [-0.2, 0) is 12.8 Å². The average molecular weight is 306 g/mol. The predicted octanol–water partition coefficient (Wildman–Crippen LogP) is 4.49. The second-order valence-corrected chi connectivity index (χ2v) is 5.71. The summed E-state index contributed by atoms with van der Waals surface area (Å²) in [6.07, 6.45) is 1.84. The first-order valence-corrected chi connectivity index (χ1v) is 7.75. The van der Waals surface area contributed by atoms with Crippen LogP contribution >= 0.6 is 11.6 Å². The fourth-order valence-corrected chi connectivity index (χ4v) is 2.76. The topological polar surface area (TPSA) is 12.0 Å². The molecule has 0 bridgehead atoms. The molecule has 2 aromatic carbocycles. The molecule has 0 radical (unpaired) electrons. The zero-order chi connectivity index (χ0) is 15.1. The van der Waals surface area contributed by atoms with Gasteiger partial charge in [-0.1, -0.05) is 54.9 Å². The van der Waals surface area contributed by atoms with Crippen molar-refractivity contribution in [1.29, 1.82) is 0 Å². The Labute approximate surface area is 131 Å². The fraction of sp³-hybridized carbons (Fsp3) is 0.333. The van der Waals surface area contributed by atoms with Gasteiger partial charge in [-0.05, 0) is 55.1 Å². The first-order chi connectivity index (χ1) is 10.2. The highest BCUT2D eigenvalue weighted by atomic mass is 35.5. The number of hydrogen-bond donors (Lipinski definition) is 1. The summed E-state index contributed by atoms with van der Waals surface area (Å²) in [5.74, 6) is 0.158. The van der Waals surface area contributed by atoms with Gasteiger partial charge >= 0.3 is 0 Å². The molecule has 0 saturated carbocycles. The first kappa shape index (κ1) is 16.0. The van der Waals surface area contributed by atoms with E-state index in [4.69, 9.17) is 11.6 Å². The Morgan fingerprint density at radius 2 is 1.86 bits per heavy atom. The monoisotopic (exact) mass is 305 g/mol. The molecule has 0 aromatic heterocycles. The van der Waals surface area contributed by atoms with E-state index < -0.39 is 0 Å². The zero-order valence-corrected chi connectivity index (χ0v) is 13.0. The lowest BCUT2D eigenvalue weighted by Gasteiger charge is -2.18. The van der Waals surface area contributed by atoms with Crippen LogP contribution in [0.1, 0.15) is 18.1 Å². The van der Waals surface area contributed by atoms with Gasteiger partial charge in [0.2, 0.25) is 0 Å². The van der Waals surface area contributed by atoms with Crippen molar-refractivity contribution in [2.45, 2.75) is 19.8 Å². The van der Waals surface area contributed by atoms with E-state index in [9.17, 15) is 4.39 Å². The summed E-state index contributed by atoms with van der Waals surface area (Å²) in [6, 6.07) is 15.1. The van der Waals surface area contributed by atoms with Gasteiger partial charge in [0, 0.05) is 5.02 Å². The minimum Gasteiger partial charge on any atom is -0.317 e. The molecule has 0 amide bonds. The molecule has 21 heavy (non-hydrogen) atoms. The zero-order valence-electron chi connectivity index (χ0n) is 12.3. The minimum absolute atomic E-state index is 0.282. The molecule has 1 nitrogen and oxygen atoms in total. The molecule has 1 unspecified atom stereocenters. The van der Waals surface area contributed by atoms with Crippen molar-refractivity contribution in [3.63, 3.8) is 0 Å².